The van der Waals surface area contributed by atoms with Gasteiger partial charge in [-0.1, -0.05) is 0 Å². The van der Waals surface area contributed by atoms with Gasteiger partial charge in [-0.25, -0.2) is 0 Å². The van der Waals surface area contributed by atoms with Crippen molar-refractivity contribution < 1.29 is 23.1 Å². The number of nitrogens with one attached hydrogen (secondary N) is 1. The molecular weight excluding hydrogens is 688 g/mol. The number of benzene rings is 2. The molecule has 0 aliphatic carbocycles. The summed E-state index contributed by atoms with van der Waals surface area (Å²) in [6.07, 6.45) is 7.42. The second-order valence-corrected chi connectivity index (χ2v) is 31.7. The summed E-state index contributed by atoms with van der Waals surface area (Å²) < 4.78 is 31.8. The molecule has 0 spiro atoms. The molecule has 0 radical (unpaired) electrons. The Labute approximate surface area is 277 Å². The minimum absolute atomic E-state index is 0.0000991. The molecule has 2 aromatic rings. The van der Waals surface area contributed by atoms with E-state index >= 15 is 4.39 Å². The fraction of sp³-hybridized carbons (Fsp3) is 0.568. The summed E-state index contributed by atoms with van der Waals surface area (Å²) in [6.45, 7) is 17.4. The van der Waals surface area contributed by atoms with Gasteiger partial charge in [-0.15, -0.1) is 0 Å². The zero-order chi connectivity index (χ0) is 33.7. The van der Waals surface area contributed by atoms with Gasteiger partial charge in [0.1, 0.15) is 0 Å². The van der Waals surface area contributed by atoms with Gasteiger partial charge in [0.25, 0.3) is 0 Å². The molecule has 5 nitrogen and oxygen atoms in total. The molecule has 8 heteroatoms. The fourth-order valence-electron chi connectivity index (χ4n) is 5.50. The van der Waals surface area contributed by atoms with Crippen molar-refractivity contribution in [2.75, 3.05) is 7.11 Å². The number of methoxy groups -OCH3 is 1. The molecule has 2 aromatic carbocycles. The number of ether oxygens (including phenoxy) is 1. The number of amides is 1. The van der Waals surface area contributed by atoms with E-state index in [0.717, 1.165) is 57.4 Å². The Morgan fingerprint density at radius 1 is 0.889 bits per heavy atom. The first kappa shape index (κ1) is 39.0. The van der Waals surface area contributed by atoms with Crippen LogP contribution in [-0.4, -0.2) is 51.2 Å². The fourth-order valence-corrected chi connectivity index (χ4v) is 21.1. The van der Waals surface area contributed by atoms with Gasteiger partial charge in [0, 0.05) is 0 Å². The Hall–Kier alpha value is -2.13. The third-order valence-corrected chi connectivity index (χ3v) is 28.3. The molecule has 0 saturated carbocycles. The van der Waals surface area contributed by atoms with Crippen LogP contribution in [0.15, 0.2) is 64.5 Å². The molecule has 1 unspecified atom stereocenters. The van der Waals surface area contributed by atoms with E-state index in [9.17, 15) is 9.59 Å². The van der Waals surface area contributed by atoms with Crippen LogP contribution in [0.3, 0.4) is 0 Å². The summed E-state index contributed by atoms with van der Waals surface area (Å²) in [4.78, 5) is 27.6. The van der Waals surface area contributed by atoms with Crippen LogP contribution in [0.5, 0.6) is 5.75 Å². The number of hydrogen-bond donors (Lipinski definition) is 1. The van der Waals surface area contributed by atoms with Gasteiger partial charge in [-0.3, -0.25) is 0 Å². The van der Waals surface area contributed by atoms with Gasteiger partial charge < -0.3 is 0 Å². The van der Waals surface area contributed by atoms with Crippen molar-refractivity contribution in [2.45, 2.75) is 123 Å². The first-order valence-electron chi connectivity index (χ1n) is 16.8. The summed E-state index contributed by atoms with van der Waals surface area (Å²) in [5.41, 5.74) is -0.577. The number of esters is 1. The van der Waals surface area contributed by atoms with Crippen LogP contribution < -0.4 is 9.74 Å². The summed E-state index contributed by atoms with van der Waals surface area (Å²) in [5.74, 6) is -0.423. The first-order chi connectivity index (χ1) is 21.2. The van der Waals surface area contributed by atoms with E-state index in [-0.39, 0.29) is 15.3 Å². The van der Waals surface area contributed by atoms with Crippen molar-refractivity contribution in [3.63, 3.8) is 0 Å². The number of rotatable bonds is 18. The average molecular weight is 747 g/mol. The Morgan fingerprint density at radius 2 is 1.44 bits per heavy atom. The van der Waals surface area contributed by atoms with Gasteiger partial charge >= 0.3 is 279 Å². The second kappa shape index (κ2) is 17.7. The second-order valence-electron chi connectivity index (χ2n) is 14.1. The van der Waals surface area contributed by atoms with E-state index < -0.39 is 44.1 Å². The molecule has 0 aliphatic rings. The molecule has 45 heavy (non-hydrogen) atoms. The molecule has 0 aliphatic heterocycles. The molecule has 0 bridgehead atoms. The summed E-state index contributed by atoms with van der Waals surface area (Å²) in [7, 11) is -0.839. The summed E-state index contributed by atoms with van der Waals surface area (Å²) >= 11 is -3.60. The molecule has 1 atom stereocenters. The van der Waals surface area contributed by atoms with Gasteiger partial charge in [0.15, 0.2) is 0 Å². The molecule has 0 saturated heterocycles. The topological polar surface area (TPSA) is 64.6 Å². The molecule has 0 fully saturated rings. The number of hydrogen-bond acceptors (Lipinski definition) is 4. The third-order valence-electron chi connectivity index (χ3n) is 9.39. The van der Waals surface area contributed by atoms with Crippen LogP contribution in [0.1, 0.15) is 96.0 Å². The first-order valence-corrected chi connectivity index (χ1v) is 27.2. The molecule has 1 amide bonds. The van der Waals surface area contributed by atoms with E-state index in [1.54, 1.807) is 24.3 Å². The Morgan fingerprint density at radius 3 is 1.93 bits per heavy atom. The summed E-state index contributed by atoms with van der Waals surface area (Å²) in [5, 5.41) is 2.98. The predicted octanol–water partition coefficient (Wildman–Crippen LogP) is 10.2. The zero-order valence-electron chi connectivity index (χ0n) is 29.4. The Bertz CT molecular complexity index is 1240. The van der Waals surface area contributed by atoms with Crippen molar-refractivity contribution in [1.29, 1.82) is 0 Å². The van der Waals surface area contributed by atoms with Crippen molar-refractivity contribution in [1.82, 2.24) is 5.32 Å². The number of carbonyl (C=O) groups excluding carboxylic acids is 2. The number of halogens is 1. The SMILES string of the molecule is CCC[CH2][Sn]([CH2]CCC)([CH2]CCC)/[C](F)=C/C(Cc1cccc(O[Si](C)(C)C(C)(C)C)c1)(NC(=O)c1ccccc1)C(=O)OC. The molecule has 0 aromatic heterocycles. The molecule has 250 valence electrons. The van der Waals surface area contributed by atoms with E-state index in [1.165, 1.54) is 13.2 Å². The molecule has 0 heterocycles. The minimum atomic E-state index is -3.60. The predicted molar refractivity (Wildman–Crippen MR) is 191 cm³/mol. The van der Waals surface area contributed by atoms with Gasteiger partial charge in [-0.05, 0) is 0 Å². The van der Waals surface area contributed by atoms with Gasteiger partial charge in [-0.2, -0.15) is 0 Å². The van der Waals surface area contributed by atoms with Crippen molar-refractivity contribution in [2.24, 2.45) is 0 Å². The van der Waals surface area contributed by atoms with E-state index in [0.29, 0.717) is 11.3 Å². The van der Waals surface area contributed by atoms with Crippen molar-refractivity contribution in [3.8, 4) is 5.75 Å². The van der Waals surface area contributed by atoms with Crippen LogP contribution in [0, 0.1) is 0 Å². The Balaban J connectivity index is 2.77. The standard InChI is InChI=1S/C25H31FNO4Si.3C4H9.Sn/c1-24(2,3)32(5,6)31-21-14-10-11-19(17-21)18-25(15-16-26,23(29)30-4)27-22(28)20-12-8-7-9-13-20;3*1-3-4-2;/h7-15,17H,18H2,1-6H3,(H,27,28);3*1,3-4H2,2H3;. The number of carbonyl (C=O) groups is 2. The molecule has 2 rings (SSSR count). The van der Waals surface area contributed by atoms with Crippen LogP contribution in [-0.2, 0) is 16.0 Å². The Kier molecular flexibility index (Phi) is 15.4. The summed E-state index contributed by atoms with van der Waals surface area (Å²) in [6, 6.07) is 16.4. The normalized spacial score (nSPS) is 14.0. The van der Waals surface area contributed by atoms with Crippen molar-refractivity contribution >= 4 is 38.6 Å². The van der Waals surface area contributed by atoms with Crippen LogP contribution in [0.2, 0.25) is 31.4 Å². The van der Waals surface area contributed by atoms with Crippen LogP contribution in [0.25, 0.3) is 0 Å². The zero-order valence-corrected chi connectivity index (χ0v) is 33.2. The monoisotopic (exact) mass is 747 g/mol. The maximum absolute atomic E-state index is 17.2. The van der Waals surface area contributed by atoms with Gasteiger partial charge in [0.2, 0.25) is 0 Å². The maximum atomic E-state index is 17.2. The third kappa shape index (κ3) is 11.0. The number of unbranched alkanes of at least 4 members (excludes halogenated alkanes) is 3. The molecule has 1 N–H and O–H groups in total. The van der Waals surface area contributed by atoms with Crippen LogP contribution in [0.4, 0.5) is 4.39 Å². The quantitative estimate of drug-likeness (QED) is 0.122. The van der Waals surface area contributed by atoms with Crippen LogP contribution >= 0.6 is 0 Å². The van der Waals surface area contributed by atoms with E-state index in [2.05, 4.69) is 60.0 Å². The van der Waals surface area contributed by atoms with E-state index in [4.69, 9.17) is 9.16 Å². The van der Waals surface area contributed by atoms with E-state index in [1.807, 2.05) is 30.3 Å². The van der Waals surface area contributed by atoms with Crippen molar-refractivity contribution in [3.05, 3.63) is 75.6 Å². The van der Waals surface area contributed by atoms with Gasteiger partial charge in [0.05, 0.1) is 0 Å². The average Bonchev–Trinajstić information content (AvgIpc) is 3.00. The molecular formula is C37H58FNO4SiSn.